The summed E-state index contributed by atoms with van der Waals surface area (Å²) in [6.07, 6.45) is -1.39. The van der Waals surface area contributed by atoms with E-state index in [1.165, 1.54) is 6.20 Å². The first kappa shape index (κ1) is 15.8. The van der Waals surface area contributed by atoms with Gasteiger partial charge in [0.05, 0.1) is 12.7 Å². The van der Waals surface area contributed by atoms with Crippen LogP contribution in [0.2, 0.25) is 0 Å². The molecule has 0 saturated carbocycles. The third-order valence-corrected chi connectivity index (χ3v) is 3.14. The number of alkyl halides is 2. The van der Waals surface area contributed by atoms with Crippen molar-refractivity contribution < 1.29 is 18.1 Å². The SMILES string of the molecule is O=C(NCc1cc(-c2ccccc2)on1)c1cn(CC(F)F)nn1. The number of aromatic nitrogens is 4. The molecular weight excluding hydrogens is 320 g/mol. The minimum absolute atomic E-state index is 0.0394. The summed E-state index contributed by atoms with van der Waals surface area (Å²) in [5.74, 6) is 0.0579. The normalized spacial score (nSPS) is 11.0. The summed E-state index contributed by atoms with van der Waals surface area (Å²) in [6, 6.07) is 11.1. The molecule has 0 atom stereocenters. The lowest BCUT2D eigenvalue weighted by Gasteiger charge is -1.98. The molecule has 3 rings (SSSR count). The molecule has 0 bridgehead atoms. The van der Waals surface area contributed by atoms with Crippen LogP contribution in [-0.2, 0) is 13.1 Å². The largest absolute Gasteiger partial charge is 0.356 e. The molecule has 7 nitrogen and oxygen atoms in total. The van der Waals surface area contributed by atoms with Crippen molar-refractivity contribution in [2.24, 2.45) is 0 Å². The fraction of sp³-hybridized carbons (Fsp3) is 0.200. The van der Waals surface area contributed by atoms with E-state index in [9.17, 15) is 13.6 Å². The molecule has 0 saturated heterocycles. The van der Waals surface area contributed by atoms with Crippen molar-refractivity contribution >= 4 is 5.91 Å². The predicted molar refractivity (Wildman–Crippen MR) is 79.1 cm³/mol. The van der Waals surface area contributed by atoms with E-state index in [1.54, 1.807) is 6.07 Å². The van der Waals surface area contributed by atoms with Gasteiger partial charge in [0.2, 0.25) is 0 Å². The fourth-order valence-corrected chi connectivity index (χ4v) is 2.03. The minimum Gasteiger partial charge on any atom is -0.356 e. The van der Waals surface area contributed by atoms with E-state index in [-0.39, 0.29) is 12.2 Å². The van der Waals surface area contributed by atoms with Crippen LogP contribution in [0.1, 0.15) is 16.2 Å². The summed E-state index contributed by atoms with van der Waals surface area (Å²) in [6.45, 7) is -0.485. The van der Waals surface area contributed by atoms with E-state index in [1.807, 2.05) is 30.3 Å². The molecular formula is C15H13F2N5O2. The average molecular weight is 333 g/mol. The Labute approximate surface area is 135 Å². The van der Waals surface area contributed by atoms with Crippen LogP contribution in [0, 0.1) is 0 Å². The van der Waals surface area contributed by atoms with Crippen LogP contribution < -0.4 is 5.32 Å². The van der Waals surface area contributed by atoms with Gasteiger partial charge in [-0.3, -0.25) is 4.79 Å². The first-order chi connectivity index (χ1) is 11.6. The molecule has 0 aliphatic heterocycles. The Hall–Kier alpha value is -3.10. The third-order valence-electron chi connectivity index (χ3n) is 3.14. The Morgan fingerprint density at radius 1 is 1.29 bits per heavy atom. The number of benzene rings is 1. The third kappa shape index (κ3) is 3.80. The molecule has 3 aromatic rings. The predicted octanol–water partition coefficient (Wildman–Crippen LogP) is 2.13. The molecule has 1 N–H and O–H groups in total. The van der Waals surface area contributed by atoms with E-state index >= 15 is 0 Å². The van der Waals surface area contributed by atoms with Crippen LogP contribution in [0.5, 0.6) is 0 Å². The van der Waals surface area contributed by atoms with Crippen LogP contribution in [0.4, 0.5) is 8.78 Å². The van der Waals surface area contributed by atoms with Crippen LogP contribution in [0.15, 0.2) is 47.1 Å². The zero-order valence-corrected chi connectivity index (χ0v) is 12.4. The topological polar surface area (TPSA) is 85.8 Å². The highest BCUT2D eigenvalue weighted by atomic mass is 19.3. The van der Waals surface area contributed by atoms with Crippen molar-refractivity contribution in [1.29, 1.82) is 0 Å². The Morgan fingerprint density at radius 2 is 2.08 bits per heavy atom. The number of hydrogen-bond acceptors (Lipinski definition) is 5. The van der Waals surface area contributed by atoms with E-state index < -0.39 is 18.9 Å². The van der Waals surface area contributed by atoms with E-state index in [4.69, 9.17) is 4.52 Å². The van der Waals surface area contributed by atoms with Gasteiger partial charge in [0.25, 0.3) is 12.3 Å². The van der Waals surface area contributed by atoms with Gasteiger partial charge in [0.15, 0.2) is 11.5 Å². The second-order valence-electron chi connectivity index (χ2n) is 4.95. The molecule has 0 spiro atoms. The van der Waals surface area contributed by atoms with Gasteiger partial charge in [-0.15, -0.1) is 5.10 Å². The van der Waals surface area contributed by atoms with Crippen LogP contribution in [0.25, 0.3) is 11.3 Å². The molecule has 2 aromatic heterocycles. The first-order valence-corrected chi connectivity index (χ1v) is 7.09. The number of halogens is 2. The van der Waals surface area contributed by atoms with E-state index in [2.05, 4.69) is 20.8 Å². The average Bonchev–Trinajstić information content (AvgIpc) is 3.22. The molecule has 0 fully saturated rings. The van der Waals surface area contributed by atoms with Crippen molar-refractivity contribution in [3.05, 3.63) is 54.0 Å². The Balaban J connectivity index is 1.59. The number of carbonyl (C=O) groups is 1. The molecule has 2 heterocycles. The number of nitrogens with zero attached hydrogens (tertiary/aromatic N) is 4. The van der Waals surface area contributed by atoms with Gasteiger partial charge in [-0.1, -0.05) is 40.7 Å². The smallest absolute Gasteiger partial charge is 0.273 e. The molecule has 24 heavy (non-hydrogen) atoms. The Kier molecular flexibility index (Phi) is 4.59. The number of carbonyl (C=O) groups excluding carboxylic acids is 1. The van der Waals surface area contributed by atoms with Crippen molar-refractivity contribution in [2.75, 3.05) is 0 Å². The summed E-state index contributed by atoms with van der Waals surface area (Å²) in [7, 11) is 0. The second kappa shape index (κ2) is 6.99. The first-order valence-electron chi connectivity index (χ1n) is 7.09. The molecule has 1 aromatic carbocycles. The second-order valence-corrected chi connectivity index (χ2v) is 4.95. The standard InChI is InChI=1S/C15H13F2N5O2/c16-14(17)9-22-8-12(19-21-22)15(23)18-7-11-6-13(24-20-11)10-4-2-1-3-5-10/h1-6,8,14H,7,9H2,(H,18,23). The van der Waals surface area contributed by atoms with E-state index in [0.717, 1.165) is 10.2 Å². The lowest BCUT2D eigenvalue weighted by Crippen LogP contribution is -2.23. The molecule has 0 unspecified atom stereocenters. The van der Waals surface area contributed by atoms with Crippen LogP contribution in [-0.4, -0.2) is 32.5 Å². The van der Waals surface area contributed by atoms with Gasteiger partial charge in [-0.2, -0.15) is 0 Å². The zero-order valence-electron chi connectivity index (χ0n) is 12.4. The van der Waals surface area contributed by atoms with Crippen molar-refractivity contribution in [3.63, 3.8) is 0 Å². The molecule has 9 heteroatoms. The summed E-state index contributed by atoms with van der Waals surface area (Å²) in [5, 5.41) is 13.5. The van der Waals surface area contributed by atoms with Gasteiger partial charge in [0, 0.05) is 11.6 Å². The highest BCUT2D eigenvalue weighted by Crippen LogP contribution is 2.19. The summed E-state index contributed by atoms with van der Waals surface area (Å²) < 4.78 is 30.6. The van der Waals surface area contributed by atoms with Crippen LogP contribution in [0.3, 0.4) is 0 Å². The maximum Gasteiger partial charge on any atom is 0.273 e. The molecule has 0 aliphatic rings. The van der Waals surface area contributed by atoms with Gasteiger partial charge < -0.3 is 9.84 Å². The molecule has 0 aliphatic carbocycles. The maximum absolute atomic E-state index is 12.2. The fourth-order valence-electron chi connectivity index (χ4n) is 2.03. The number of amides is 1. The van der Waals surface area contributed by atoms with Crippen LogP contribution >= 0.6 is 0 Å². The van der Waals surface area contributed by atoms with Crippen molar-refractivity contribution in [3.8, 4) is 11.3 Å². The lowest BCUT2D eigenvalue weighted by atomic mass is 10.2. The number of hydrogen-bond donors (Lipinski definition) is 1. The number of nitrogens with one attached hydrogen (secondary N) is 1. The number of rotatable bonds is 6. The highest BCUT2D eigenvalue weighted by molar-refractivity contribution is 5.91. The highest BCUT2D eigenvalue weighted by Gasteiger charge is 2.14. The summed E-state index contributed by atoms with van der Waals surface area (Å²) in [4.78, 5) is 11.9. The maximum atomic E-state index is 12.2. The Morgan fingerprint density at radius 3 is 2.83 bits per heavy atom. The van der Waals surface area contributed by atoms with Gasteiger partial charge in [0.1, 0.15) is 12.2 Å². The minimum atomic E-state index is -2.56. The van der Waals surface area contributed by atoms with Crippen molar-refractivity contribution in [1.82, 2.24) is 25.5 Å². The lowest BCUT2D eigenvalue weighted by molar-refractivity contribution is 0.0944. The Bertz CT molecular complexity index is 816. The van der Waals surface area contributed by atoms with Gasteiger partial charge >= 0.3 is 0 Å². The quantitative estimate of drug-likeness (QED) is 0.747. The van der Waals surface area contributed by atoms with E-state index in [0.29, 0.717) is 11.5 Å². The summed E-state index contributed by atoms with van der Waals surface area (Å²) in [5.41, 5.74) is 1.36. The monoisotopic (exact) mass is 333 g/mol. The molecule has 1 amide bonds. The molecule has 124 valence electrons. The summed E-state index contributed by atoms with van der Waals surface area (Å²) >= 11 is 0. The van der Waals surface area contributed by atoms with Gasteiger partial charge in [-0.25, -0.2) is 13.5 Å². The molecule has 0 radical (unpaired) electrons. The van der Waals surface area contributed by atoms with Gasteiger partial charge in [-0.05, 0) is 0 Å². The zero-order chi connectivity index (χ0) is 16.9. The van der Waals surface area contributed by atoms with Crippen molar-refractivity contribution in [2.45, 2.75) is 19.5 Å².